The van der Waals surface area contributed by atoms with Crippen molar-refractivity contribution in [2.24, 2.45) is 0 Å². The molecule has 0 saturated heterocycles. The highest BCUT2D eigenvalue weighted by Gasteiger charge is 2.09. The molecule has 0 bridgehead atoms. The summed E-state index contributed by atoms with van der Waals surface area (Å²) in [4.78, 5) is 1.22. The van der Waals surface area contributed by atoms with Gasteiger partial charge in [-0.1, -0.05) is 37.3 Å². The Morgan fingerprint density at radius 2 is 1.81 bits per heavy atom. The number of rotatable bonds is 7. The van der Waals surface area contributed by atoms with Crippen LogP contribution < -0.4 is 4.74 Å². The maximum Gasteiger partial charge on any atom is 0.119 e. The van der Waals surface area contributed by atoms with Crippen LogP contribution in [0.25, 0.3) is 0 Å². The van der Waals surface area contributed by atoms with Gasteiger partial charge in [-0.15, -0.1) is 11.8 Å². The molecule has 0 radical (unpaired) electrons. The minimum absolute atomic E-state index is 0.463. The molecule has 2 aromatic carbocycles. The van der Waals surface area contributed by atoms with E-state index in [1.165, 1.54) is 10.5 Å². The van der Waals surface area contributed by atoms with Crippen molar-refractivity contribution in [2.45, 2.75) is 31.3 Å². The quantitative estimate of drug-likeness (QED) is 0.757. The highest BCUT2D eigenvalue weighted by atomic mass is 32.2. The molecule has 112 valence electrons. The molecule has 0 amide bonds. The Hall–Kier alpha value is -1.45. The van der Waals surface area contributed by atoms with Crippen molar-refractivity contribution in [1.29, 1.82) is 0 Å². The molecule has 0 spiro atoms. The first-order valence-corrected chi connectivity index (χ1v) is 8.28. The Morgan fingerprint density at radius 1 is 1.10 bits per heavy atom. The Morgan fingerprint density at radius 3 is 2.48 bits per heavy atom. The van der Waals surface area contributed by atoms with Crippen molar-refractivity contribution in [1.82, 2.24) is 0 Å². The van der Waals surface area contributed by atoms with E-state index in [-0.39, 0.29) is 0 Å². The van der Waals surface area contributed by atoms with Gasteiger partial charge >= 0.3 is 0 Å². The van der Waals surface area contributed by atoms with Gasteiger partial charge in [-0.3, -0.25) is 0 Å². The molecule has 2 aromatic rings. The fraction of sp³-hybridized carbons (Fsp3) is 0.333. The van der Waals surface area contributed by atoms with Crippen molar-refractivity contribution in [3.8, 4) is 5.75 Å². The lowest BCUT2D eigenvalue weighted by Crippen LogP contribution is -2.01. The summed E-state index contributed by atoms with van der Waals surface area (Å²) in [6.45, 7) is 4.90. The number of thioether (sulfide) groups is 1. The van der Waals surface area contributed by atoms with E-state index < -0.39 is 6.10 Å². The third-order valence-electron chi connectivity index (χ3n) is 3.23. The monoisotopic (exact) mass is 302 g/mol. The Balaban J connectivity index is 1.91. The molecule has 1 N–H and O–H groups in total. The van der Waals surface area contributed by atoms with Crippen LogP contribution in [0.15, 0.2) is 53.4 Å². The van der Waals surface area contributed by atoms with Crippen LogP contribution in [-0.2, 0) is 0 Å². The van der Waals surface area contributed by atoms with Crippen molar-refractivity contribution in [3.05, 3.63) is 59.7 Å². The molecule has 3 heteroatoms. The van der Waals surface area contributed by atoms with Gasteiger partial charge in [0.15, 0.2) is 0 Å². The van der Waals surface area contributed by atoms with E-state index in [1.54, 1.807) is 11.8 Å². The van der Waals surface area contributed by atoms with Gasteiger partial charge in [0, 0.05) is 10.6 Å². The number of benzene rings is 2. The van der Waals surface area contributed by atoms with E-state index in [0.29, 0.717) is 5.75 Å². The molecule has 0 fully saturated rings. The zero-order valence-electron chi connectivity index (χ0n) is 12.6. The average molecular weight is 302 g/mol. The topological polar surface area (TPSA) is 29.5 Å². The first kappa shape index (κ1) is 15.9. The molecule has 0 aromatic heterocycles. The Bertz CT molecular complexity index is 551. The van der Waals surface area contributed by atoms with Crippen LogP contribution in [-0.4, -0.2) is 17.5 Å². The second-order valence-electron chi connectivity index (χ2n) is 5.01. The number of aliphatic hydroxyl groups excluding tert-OH is 1. The molecule has 0 aliphatic carbocycles. The van der Waals surface area contributed by atoms with Gasteiger partial charge < -0.3 is 9.84 Å². The number of aliphatic hydroxyl groups is 1. The predicted molar refractivity (Wildman–Crippen MR) is 89.1 cm³/mol. The SMILES string of the molecule is CCCOc1ccc(C(O)CSc2ccccc2C)cc1. The lowest BCUT2D eigenvalue weighted by molar-refractivity contribution is 0.204. The van der Waals surface area contributed by atoms with Gasteiger partial charge in [-0.25, -0.2) is 0 Å². The Kier molecular flexibility index (Phi) is 6.15. The summed E-state index contributed by atoms with van der Waals surface area (Å²) in [6, 6.07) is 16.0. The van der Waals surface area contributed by atoms with Crippen LogP contribution >= 0.6 is 11.8 Å². The fourth-order valence-electron chi connectivity index (χ4n) is 1.99. The molecule has 0 aliphatic rings. The normalized spacial score (nSPS) is 12.1. The maximum absolute atomic E-state index is 10.3. The van der Waals surface area contributed by atoms with Crippen LogP contribution in [0.4, 0.5) is 0 Å². The van der Waals surface area contributed by atoms with Crippen molar-refractivity contribution in [3.63, 3.8) is 0 Å². The van der Waals surface area contributed by atoms with Crippen molar-refractivity contribution >= 4 is 11.8 Å². The van der Waals surface area contributed by atoms with E-state index >= 15 is 0 Å². The summed E-state index contributed by atoms with van der Waals surface area (Å²) in [5.74, 6) is 1.51. The summed E-state index contributed by atoms with van der Waals surface area (Å²) >= 11 is 1.69. The third-order valence-corrected chi connectivity index (χ3v) is 4.48. The highest BCUT2D eigenvalue weighted by molar-refractivity contribution is 7.99. The van der Waals surface area contributed by atoms with Gasteiger partial charge in [0.1, 0.15) is 5.75 Å². The van der Waals surface area contributed by atoms with Crippen LogP contribution in [0.3, 0.4) is 0 Å². The highest BCUT2D eigenvalue weighted by Crippen LogP contribution is 2.27. The largest absolute Gasteiger partial charge is 0.494 e. The van der Waals surface area contributed by atoms with Crippen molar-refractivity contribution in [2.75, 3.05) is 12.4 Å². The second-order valence-corrected chi connectivity index (χ2v) is 6.07. The fourth-order valence-corrected chi connectivity index (χ4v) is 2.99. The molecule has 2 nitrogen and oxygen atoms in total. The minimum Gasteiger partial charge on any atom is -0.494 e. The smallest absolute Gasteiger partial charge is 0.119 e. The summed E-state index contributed by atoms with van der Waals surface area (Å²) in [7, 11) is 0. The van der Waals surface area contributed by atoms with Gasteiger partial charge in [-0.05, 0) is 42.7 Å². The van der Waals surface area contributed by atoms with Gasteiger partial charge in [0.05, 0.1) is 12.7 Å². The summed E-state index contributed by atoms with van der Waals surface area (Å²) in [5.41, 5.74) is 2.18. The Labute approximate surface area is 131 Å². The van der Waals surface area contributed by atoms with Crippen LogP contribution in [0.5, 0.6) is 5.75 Å². The third kappa shape index (κ3) is 4.80. The number of hydrogen-bond donors (Lipinski definition) is 1. The zero-order valence-corrected chi connectivity index (χ0v) is 13.4. The van der Waals surface area contributed by atoms with E-state index in [0.717, 1.165) is 24.3 Å². The predicted octanol–water partition coefficient (Wildman–Crippen LogP) is 4.61. The molecule has 21 heavy (non-hydrogen) atoms. The number of aryl methyl sites for hydroxylation is 1. The van der Waals surface area contributed by atoms with Crippen LogP contribution in [0.2, 0.25) is 0 Å². The standard InChI is InChI=1S/C18H22O2S/c1-3-12-20-16-10-8-15(9-11-16)17(19)13-21-18-7-5-4-6-14(18)2/h4-11,17,19H,3,12-13H2,1-2H3. The minimum atomic E-state index is -0.463. The van der Waals surface area contributed by atoms with Gasteiger partial charge in [0.2, 0.25) is 0 Å². The first-order chi connectivity index (χ1) is 10.2. The molecule has 2 rings (SSSR count). The zero-order chi connectivity index (χ0) is 15.1. The molecule has 1 unspecified atom stereocenters. The lowest BCUT2D eigenvalue weighted by Gasteiger charge is -2.12. The molecule has 0 aliphatic heterocycles. The van der Waals surface area contributed by atoms with E-state index in [9.17, 15) is 5.11 Å². The van der Waals surface area contributed by atoms with Crippen molar-refractivity contribution < 1.29 is 9.84 Å². The maximum atomic E-state index is 10.3. The average Bonchev–Trinajstić information content (AvgIpc) is 2.52. The van der Waals surface area contributed by atoms with Crippen LogP contribution in [0.1, 0.15) is 30.6 Å². The van der Waals surface area contributed by atoms with E-state index in [1.807, 2.05) is 36.4 Å². The van der Waals surface area contributed by atoms with Gasteiger partial charge in [0.25, 0.3) is 0 Å². The number of hydrogen-bond acceptors (Lipinski definition) is 3. The summed E-state index contributed by atoms with van der Waals surface area (Å²) in [6.07, 6.45) is 0.534. The molecule has 0 heterocycles. The number of ether oxygens (including phenoxy) is 1. The van der Waals surface area contributed by atoms with Crippen LogP contribution in [0, 0.1) is 6.92 Å². The van der Waals surface area contributed by atoms with E-state index in [4.69, 9.17) is 4.74 Å². The lowest BCUT2D eigenvalue weighted by atomic mass is 10.1. The van der Waals surface area contributed by atoms with E-state index in [2.05, 4.69) is 26.0 Å². The molecular formula is C18H22O2S. The summed E-state index contributed by atoms with van der Waals surface area (Å²) < 4.78 is 5.55. The summed E-state index contributed by atoms with van der Waals surface area (Å²) in [5, 5.41) is 10.3. The first-order valence-electron chi connectivity index (χ1n) is 7.30. The molecule has 1 atom stereocenters. The molecule has 0 saturated carbocycles. The van der Waals surface area contributed by atoms with Gasteiger partial charge in [-0.2, -0.15) is 0 Å². The molecular weight excluding hydrogens is 280 g/mol. The second kappa shape index (κ2) is 8.11.